The first-order chi connectivity index (χ1) is 17.7. The SMILES string of the molecule is CC(=O)NCCCOc1ncc2c(NC[C@@H](C)N)ccc(C(O)Nc3cc(F)c4nn(C)cc4c3)c2n1. The van der Waals surface area contributed by atoms with Crippen LogP contribution in [-0.2, 0) is 11.8 Å². The molecule has 0 spiro atoms. The smallest absolute Gasteiger partial charge is 0.316 e. The highest BCUT2D eigenvalue weighted by Crippen LogP contribution is 2.31. The van der Waals surface area contributed by atoms with Gasteiger partial charge in [-0.3, -0.25) is 9.48 Å². The molecule has 2 atom stereocenters. The molecule has 0 aliphatic heterocycles. The first-order valence-electron chi connectivity index (χ1n) is 11.9. The van der Waals surface area contributed by atoms with Crippen LogP contribution < -0.4 is 26.4 Å². The largest absolute Gasteiger partial charge is 0.463 e. The van der Waals surface area contributed by atoms with Crippen LogP contribution in [0.2, 0.25) is 0 Å². The van der Waals surface area contributed by atoms with E-state index < -0.39 is 12.0 Å². The average molecular weight is 511 g/mol. The minimum atomic E-state index is -1.21. The van der Waals surface area contributed by atoms with Crippen molar-refractivity contribution >= 4 is 39.1 Å². The molecule has 0 radical (unpaired) electrons. The summed E-state index contributed by atoms with van der Waals surface area (Å²) in [4.78, 5) is 19.9. The molecular weight excluding hydrogens is 479 g/mol. The van der Waals surface area contributed by atoms with Gasteiger partial charge in [0.15, 0.2) is 12.0 Å². The van der Waals surface area contributed by atoms with Crippen LogP contribution in [0, 0.1) is 5.82 Å². The highest BCUT2D eigenvalue weighted by molar-refractivity contribution is 5.93. The molecule has 0 saturated carbocycles. The molecule has 2 heterocycles. The topological polar surface area (TPSA) is 152 Å². The Hall–Kier alpha value is -4.03. The first kappa shape index (κ1) is 26.0. The number of nitrogens with one attached hydrogen (secondary N) is 3. The summed E-state index contributed by atoms with van der Waals surface area (Å²) in [6.45, 7) is 4.64. The van der Waals surface area contributed by atoms with Gasteiger partial charge in [-0.15, -0.1) is 0 Å². The highest BCUT2D eigenvalue weighted by atomic mass is 19.1. The normalized spacial score (nSPS) is 12.9. The van der Waals surface area contributed by atoms with Gasteiger partial charge in [-0.1, -0.05) is 6.07 Å². The van der Waals surface area contributed by atoms with Crippen LogP contribution >= 0.6 is 0 Å². The van der Waals surface area contributed by atoms with Crippen LogP contribution in [0.25, 0.3) is 21.8 Å². The number of benzene rings is 2. The maximum atomic E-state index is 14.6. The van der Waals surface area contributed by atoms with Gasteiger partial charge in [0.25, 0.3) is 0 Å². The summed E-state index contributed by atoms with van der Waals surface area (Å²) in [5.74, 6) is -0.604. The van der Waals surface area contributed by atoms with Gasteiger partial charge in [-0.05, 0) is 31.5 Å². The number of halogens is 1. The van der Waals surface area contributed by atoms with Gasteiger partial charge < -0.3 is 31.5 Å². The van der Waals surface area contributed by atoms with Crippen molar-refractivity contribution in [1.29, 1.82) is 0 Å². The molecule has 0 aliphatic rings. The van der Waals surface area contributed by atoms with Crippen molar-refractivity contribution in [3.05, 3.63) is 48.0 Å². The zero-order valence-corrected chi connectivity index (χ0v) is 21.0. The third-order valence-electron chi connectivity index (χ3n) is 5.58. The van der Waals surface area contributed by atoms with Crippen molar-refractivity contribution in [2.75, 3.05) is 30.3 Å². The monoisotopic (exact) mass is 510 g/mol. The number of aliphatic hydroxyl groups excluding tert-OH is 1. The van der Waals surface area contributed by atoms with E-state index in [0.29, 0.717) is 53.7 Å². The number of carbonyl (C=O) groups excluding carboxylic acids is 1. The fourth-order valence-corrected chi connectivity index (χ4v) is 3.87. The van der Waals surface area contributed by atoms with E-state index in [4.69, 9.17) is 10.5 Å². The van der Waals surface area contributed by atoms with Gasteiger partial charge in [0, 0.05) is 73.2 Å². The van der Waals surface area contributed by atoms with Crippen LogP contribution in [0.15, 0.2) is 36.7 Å². The molecule has 2 aromatic carbocycles. The van der Waals surface area contributed by atoms with Crippen LogP contribution in [0.3, 0.4) is 0 Å². The number of aliphatic hydroxyl groups is 1. The number of carbonyl (C=O) groups is 1. The Morgan fingerprint density at radius 1 is 1.30 bits per heavy atom. The van der Waals surface area contributed by atoms with Crippen molar-refractivity contribution in [1.82, 2.24) is 25.1 Å². The van der Waals surface area contributed by atoms with Crippen molar-refractivity contribution in [2.45, 2.75) is 32.5 Å². The van der Waals surface area contributed by atoms with E-state index in [1.165, 1.54) is 17.7 Å². The number of aryl methyl sites for hydroxylation is 1. The Morgan fingerprint density at radius 2 is 2.11 bits per heavy atom. The number of nitrogens with zero attached hydrogens (tertiary/aromatic N) is 4. The molecule has 1 amide bonds. The second-order valence-corrected chi connectivity index (χ2v) is 8.91. The Morgan fingerprint density at radius 3 is 2.86 bits per heavy atom. The second-order valence-electron chi connectivity index (χ2n) is 8.91. The Bertz CT molecular complexity index is 1410. The third kappa shape index (κ3) is 6.40. The number of hydrogen-bond acceptors (Lipinski definition) is 9. The zero-order chi connectivity index (χ0) is 26.5. The molecule has 6 N–H and O–H groups in total. The van der Waals surface area contributed by atoms with E-state index in [-0.39, 0.29) is 23.5 Å². The van der Waals surface area contributed by atoms with E-state index in [9.17, 15) is 14.3 Å². The lowest BCUT2D eigenvalue weighted by atomic mass is 10.1. The molecule has 2 aromatic heterocycles. The molecule has 4 aromatic rings. The molecule has 12 heteroatoms. The molecule has 1 unspecified atom stereocenters. The fourth-order valence-electron chi connectivity index (χ4n) is 3.87. The summed E-state index contributed by atoms with van der Waals surface area (Å²) >= 11 is 0. The molecule has 196 valence electrons. The summed E-state index contributed by atoms with van der Waals surface area (Å²) in [6.07, 6.45) is 2.69. The predicted octanol–water partition coefficient (Wildman–Crippen LogP) is 2.42. The van der Waals surface area contributed by atoms with Crippen molar-refractivity contribution < 1.29 is 19.0 Å². The Kier molecular flexibility index (Phi) is 7.99. The number of amides is 1. The molecule has 0 fully saturated rings. The van der Waals surface area contributed by atoms with Crippen LogP contribution in [0.4, 0.5) is 15.8 Å². The number of hydrogen-bond donors (Lipinski definition) is 5. The van der Waals surface area contributed by atoms with E-state index in [1.807, 2.05) is 13.0 Å². The minimum Gasteiger partial charge on any atom is -0.463 e. The van der Waals surface area contributed by atoms with Crippen LogP contribution in [0.1, 0.15) is 32.1 Å². The number of ether oxygens (including phenoxy) is 1. The second kappa shape index (κ2) is 11.4. The maximum Gasteiger partial charge on any atom is 0.316 e. The molecule has 0 saturated heterocycles. The van der Waals surface area contributed by atoms with Gasteiger partial charge in [0.05, 0.1) is 12.1 Å². The third-order valence-corrected chi connectivity index (χ3v) is 5.58. The van der Waals surface area contributed by atoms with Gasteiger partial charge in [-0.25, -0.2) is 9.37 Å². The van der Waals surface area contributed by atoms with Gasteiger partial charge in [0.2, 0.25) is 5.91 Å². The summed E-state index contributed by atoms with van der Waals surface area (Å²) in [7, 11) is 1.72. The van der Waals surface area contributed by atoms with E-state index >= 15 is 0 Å². The number of rotatable bonds is 11. The van der Waals surface area contributed by atoms with Crippen molar-refractivity contribution in [3.8, 4) is 6.01 Å². The quantitative estimate of drug-likeness (QED) is 0.151. The number of fused-ring (bicyclic) bond motifs is 2. The Balaban J connectivity index is 1.62. The molecule has 0 bridgehead atoms. The summed E-state index contributed by atoms with van der Waals surface area (Å²) < 4.78 is 21.8. The Labute approximate surface area is 213 Å². The summed E-state index contributed by atoms with van der Waals surface area (Å²) in [5, 5.41) is 25.4. The number of anilines is 2. The standard InChI is InChI=1S/C25H31FN8O3/c1-14(27)11-29-21-6-5-18(23-19(21)12-30-25(32-23)37-8-4-7-28-15(2)35)24(36)31-17-9-16-13-34(3)33-22(16)20(26)10-17/h5-6,9-10,12-14,24,29,31,36H,4,7-8,11,27H2,1-3H3,(H,28,35)/t14-,24?/m1/s1. The van der Waals surface area contributed by atoms with E-state index in [1.54, 1.807) is 31.6 Å². The minimum absolute atomic E-state index is 0.0774. The predicted molar refractivity (Wildman–Crippen MR) is 140 cm³/mol. The fraction of sp³-hybridized carbons (Fsp3) is 0.360. The maximum absolute atomic E-state index is 14.6. The van der Waals surface area contributed by atoms with Crippen LogP contribution in [-0.4, -0.2) is 56.5 Å². The van der Waals surface area contributed by atoms with Gasteiger partial charge in [-0.2, -0.15) is 10.1 Å². The van der Waals surface area contributed by atoms with E-state index in [0.717, 1.165) is 5.69 Å². The molecule has 11 nitrogen and oxygen atoms in total. The lowest BCUT2D eigenvalue weighted by Crippen LogP contribution is -2.25. The molecular formula is C25H31FN8O3. The zero-order valence-electron chi connectivity index (χ0n) is 21.0. The lowest BCUT2D eigenvalue weighted by Gasteiger charge is -2.19. The van der Waals surface area contributed by atoms with Crippen molar-refractivity contribution in [2.24, 2.45) is 12.8 Å². The first-order valence-corrected chi connectivity index (χ1v) is 11.9. The average Bonchev–Trinajstić information content (AvgIpc) is 3.22. The highest BCUT2D eigenvalue weighted by Gasteiger charge is 2.18. The molecule has 37 heavy (non-hydrogen) atoms. The lowest BCUT2D eigenvalue weighted by molar-refractivity contribution is -0.118. The van der Waals surface area contributed by atoms with Gasteiger partial charge >= 0.3 is 6.01 Å². The van der Waals surface area contributed by atoms with E-state index in [2.05, 4.69) is 31.0 Å². The van der Waals surface area contributed by atoms with Gasteiger partial charge in [0.1, 0.15) is 5.52 Å². The van der Waals surface area contributed by atoms with Crippen LogP contribution in [0.5, 0.6) is 6.01 Å². The summed E-state index contributed by atoms with van der Waals surface area (Å²) in [5.41, 5.74) is 8.22. The number of nitrogens with two attached hydrogens (primary N) is 1. The molecule has 4 rings (SSSR count). The van der Waals surface area contributed by atoms with Crippen molar-refractivity contribution in [3.63, 3.8) is 0 Å². The summed E-state index contributed by atoms with van der Waals surface area (Å²) in [6, 6.07) is 6.61. The number of aromatic nitrogens is 4. The molecule has 0 aliphatic carbocycles.